The van der Waals surface area contributed by atoms with Gasteiger partial charge in [-0.15, -0.1) is 11.3 Å². The van der Waals surface area contributed by atoms with Crippen molar-refractivity contribution in [3.8, 4) is 5.75 Å². The Morgan fingerprint density at radius 1 is 1.24 bits per heavy atom. The highest BCUT2D eigenvalue weighted by Gasteiger charge is 2.24. The molecule has 0 unspecified atom stereocenters. The number of nitrogens with one attached hydrogen (secondary N) is 2. The molecule has 8 nitrogen and oxygen atoms in total. The first-order valence-electron chi connectivity index (χ1n) is 8.91. The Hall–Kier alpha value is -3.20. The number of methoxy groups -OCH3 is 1. The number of aryl methyl sites for hydroxylation is 2. The Morgan fingerprint density at radius 2 is 1.93 bits per heavy atom. The van der Waals surface area contributed by atoms with Crippen LogP contribution in [-0.4, -0.2) is 35.1 Å². The summed E-state index contributed by atoms with van der Waals surface area (Å²) in [6, 6.07) is 7.27. The SMILES string of the molecule is COc1ccc(CNC(=O)[C@H](C)OC(=O)c2sc3nc(C)[nH]c(=O)c3c2C)cc1. The molecule has 1 amide bonds. The molecule has 0 radical (unpaired) electrons. The zero-order chi connectivity index (χ0) is 21.1. The molecule has 3 rings (SSSR count). The summed E-state index contributed by atoms with van der Waals surface area (Å²) in [6.45, 7) is 5.13. The summed E-state index contributed by atoms with van der Waals surface area (Å²) in [4.78, 5) is 44.6. The topological polar surface area (TPSA) is 110 Å². The monoisotopic (exact) mass is 415 g/mol. The van der Waals surface area contributed by atoms with Crippen LogP contribution in [0.2, 0.25) is 0 Å². The van der Waals surface area contributed by atoms with Gasteiger partial charge in [0, 0.05) is 6.54 Å². The van der Waals surface area contributed by atoms with Gasteiger partial charge < -0.3 is 19.8 Å². The number of thiophene rings is 1. The van der Waals surface area contributed by atoms with Gasteiger partial charge in [0.05, 0.1) is 12.5 Å². The highest BCUT2D eigenvalue weighted by molar-refractivity contribution is 7.20. The molecule has 0 aliphatic heterocycles. The number of ether oxygens (including phenoxy) is 2. The van der Waals surface area contributed by atoms with Crippen LogP contribution in [-0.2, 0) is 16.1 Å². The van der Waals surface area contributed by atoms with Crippen LogP contribution >= 0.6 is 11.3 Å². The van der Waals surface area contributed by atoms with Gasteiger partial charge in [-0.05, 0) is 44.0 Å². The van der Waals surface area contributed by atoms with E-state index in [1.165, 1.54) is 6.92 Å². The van der Waals surface area contributed by atoms with E-state index in [1.807, 2.05) is 12.1 Å². The minimum atomic E-state index is -0.988. The maximum Gasteiger partial charge on any atom is 0.349 e. The first-order valence-corrected chi connectivity index (χ1v) is 9.73. The van der Waals surface area contributed by atoms with Gasteiger partial charge in [0.2, 0.25) is 0 Å². The highest BCUT2D eigenvalue weighted by atomic mass is 32.1. The van der Waals surface area contributed by atoms with Gasteiger partial charge in [0.25, 0.3) is 11.5 Å². The average molecular weight is 415 g/mol. The van der Waals surface area contributed by atoms with E-state index < -0.39 is 18.0 Å². The fraction of sp³-hybridized carbons (Fsp3) is 0.300. The van der Waals surface area contributed by atoms with E-state index >= 15 is 0 Å². The fourth-order valence-corrected chi connectivity index (χ4v) is 3.90. The first kappa shape index (κ1) is 20.5. The van der Waals surface area contributed by atoms with Crippen molar-refractivity contribution < 1.29 is 19.1 Å². The van der Waals surface area contributed by atoms with Crippen LogP contribution in [0.1, 0.15) is 33.5 Å². The van der Waals surface area contributed by atoms with Gasteiger partial charge in [-0.3, -0.25) is 9.59 Å². The molecule has 0 spiro atoms. The van der Waals surface area contributed by atoms with E-state index in [9.17, 15) is 14.4 Å². The molecular formula is C20H21N3O5S. The molecular weight excluding hydrogens is 394 g/mol. The normalized spacial score (nSPS) is 11.9. The number of carbonyl (C=O) groups excluding carboxylic acids is 2. The van der Waals surface area contributed by atoms with Crippen LogP contribution in [0.4, 0.5) is 0 Å². The molecule has 0 aliphatic carbocycles. The Bertz CT molecular complexity index is 1120. The lowest BCUT2D eigenvalue weighted by atomic mass is 10.2. The van der Waals surface area contributed by atoms with Crippen LogP contribution < -0.4 is 15.6 Å². The van der Waals surface area contributed by atoms with Gasteiger partial charge in [-0.25, -0.2) is 9.78 Å². The smallest absolute Gasteiger partial charge is 0.349 e. The van der Waals surface area contributed by atoms with Gasteiger partial charge in [-0.2, -0.15) is 0 Å². The van der Waals surface area contributed by atoms with E-state index in [-0.39, 0.29) is 10.4 Å². The molecule has 0 fully saturated rings. The third kappa shape index (κ3) is 4.45. The van der Waals surface area contributed by atoms with Crippen molar-refractivity contribution in [2.45, 2.75) is 33.4 Å². The quantitative estimate of drug-likeness (QED) is 0.599. The van der Waals surface area contributed by atoms with E-state index in [1.54, 1.807) is 33.1 Å². The third-order valence-corrected chi connectivity index (χ3v) is 5.55. The van der Waals surface area contributed by atoms with E-state index in [2.05, 4.69) is 15.3 Å². The number of hydrogen-bond donors (Lipinski definition) is 2. The number of esters is 1. The molecule has 2 N–H and O–H groups in total. The molecule has 152 valence electrons. The number of fused-ring (bicyclic) bond motifs is 1. The second kappa shape index (κ2) is 8.44. The lowest BCUT2D eigenvalue weighted by Gasteiger charge is -2.13. The summed E-state index contributed by atoms with van der Waals surface area (Å²) in [7, 11) is 1.58. The maximum atomic E-state index is 12.5. The van der Waals surface area contributed by atoms with Crippen LogP contribution in [0.25, 0.3) is 10.2 Å². The van der Waals surface area contributed by atoms with Gasteiger partial charge in [-0.1, -0.05) is 12.1 Å². The number of H-pyrrole nitrogens is 1. The second-order valence-corrected chi connectivity index (χ2v) is 7.50. The van der Waals surface area contributed by atoms with Gasteiger partial charge >= 0.3 is 5.97 Å². The lowest BCUT2D eigenvalue weighted by Crippen LogP contribution is -2.35. The largest absolute Gasteiger partial charge is 0.497 e. The number of hydrogen-bond acceptors (Lipinski definition) is 7. The highest BCUT2D eigenvalue weighted by Crippen LogP contribution is 2.27. The molecule has 29 heavy (non-hydrogen) atoms. The Morgan fingerprint density at radius 3 is 2.59 bits per heavy atom. The van der Waals surface area contributed by atoms with Crippen molar-refractivity contribution in [1.29, 1.82) is 0 Å². The standard InChI is InChI=1S/C20H21N3O5S/c1-10-15-18(25)22-12(3)23-19(15)29-16(10)20(26)28-11(2)17(24)21-9-13-5-7-14(27-4)8-6-13/h5-8,11H,9H2,1-4H3,(H,21,24)(H,22,23,25)/t11-/m0/s1. The van der Waals surface area contributed by atoms with E-state index in [0.717, 1.165) is 22.6 Å². The van der Waals surface area contributed by atoms with Crippen molar-refractivity contribution in [2.24, 2.45) is 0 Å². The molecule has 1 atom stereocenters. The lowest BCUT2D eigenvalue weighted by molar-refractivity contribution is -0.129. The zero-order valence-corrected chi connectivity index (χ0v) is 17.3. The van der Waals surface area contributed by atoms with Crippen LogP contribution in [0.5, 0.6) is 5.75 Å². The Kier molecular flexibility index (Phi) is 5.97. The predicted molar refractivity (Wildman–Crippen MR) is 109 cm³/mol. The summed E-state index contributed by atoms with van der Waals surface area (Å²) in [5.74, 6) is 0.119. The van der Waals surface area contributed by atoms with Crippen molar-refractivity contribution in [2.75, 3.05) is 7.11 Å². The number of rotatable bonds is 6. The van der Waals surface area contributed by atoms with Gasteiger partial charge in [0.1, 0.15) is 21.3 Å². The maximum absolute atomic E-state index is 12.5. The number of carbonyl (C=O) groups is 2. The number of amides is 1. The van der Waals surface area contributed by atoms with Crippen LogP contribution in [0, 0.1) is 13.8 Å². The van der Waals surface area contributed by atoms with Crippen molar-refractivity contribution in [3.63, 3.8) is 0 Å². The second-order valence-electron chi connectivity index (χ2n) is 6.50. The molecule has 0 saturated heterocycles. The van der Waals surface area contributed by atoms with Crippen molar-refractivity contribution >= 4 is 33.4 Å². The summed E-state index contributed by atoms with van der Waals surface area (Å²) < 4.78 is 10.4. The predicted octanol–water partition coefficient (Wildman–Crippen LogP) is 2.47. The average Bonchev–Trinajstić information content (AvgIpc) is 3.02. The fourth-order valence-electron chi connectivity index (χ4n) is 2.79. The molecule has 1 aromatic carbocycles. The molecule has 2 aromatic heterocycles. The Balaban J connectivity index is 1.66. The number of nitrogens with zero attached hydrogens (tertiary/aromatic N) is 1. The first-order chi connectivity index (χ1) is 13.8. The van der Waals surface area contributed by atoms with Crippen molar-refractivity contribution in [3.05, 3.63) is 56.4 Å². The third-order valence-electron chi connectivity index (χ3n) is 4.38. The van der Waals surface area contributed by atoms with Crippen molar-refractivity contribution in [1.82, 2.24) is 15.3 Å². The van der Waals surface area contributed by atoms with Gasteiger partial charge in [0.15, 0.2) is 6.10 Å². The zero-order valence-electron chi connectivity index (χ0n) is 16.5. The Labute approximate surface area is 170 Å². The number of benzene rings is 1. The number of aromatic nitrogens is 2. The molecule has 3 aromatic rings. The summed E-state index contributed by atoms with van der Waals surface area (Å²) in [5.41, 5.74) is 1.08. The molecule has 0 saturated carbocycles. The minimum absolute atomic E-state index is 0.262. The summed E-state index contributed by atoms with van der Waals surface area (Å²) >= 11 is 1.08. The molecule has 9 heteroatoms. The van der Waals surface area contributed by atoms with E-state index in [4.69, 9.17) is 9.47 Å². The van der Waals surface area contributed by atoms with Crippen LogP contribution in [0.15, 0.2) is 29.1 Å². The molecule has 0 aliphatic rings. The summed E-state index contributed by atoms with van der Waals surface area (Å²) in [6.07, 6.45) is -0.988. The molecule has 2 heterocycles. The van der Waals surface area contributed by atoms with E-state index in [0.29, 0.717) is 28.1 Å². The minimum Gasteiger partial charge on any atom is -0.497 e. The molecule has 0 bridgehead atoms. The number of aromatic amines is 1. The summed E-state index contributed by atoms with van der Waals surface area (Å²) in [5, 5.41) is 3.09. The van der Waals surface area contributed by atoms with Crippen LogP contribution in [0.3, 0.4) is 0 Å².